The van der Waals surface area contributed by atoms with Crippen molar-refractivity contribution in [3.8, 4) is 0 Å². The Bertz CT molecular complexity index is 222. The largest absolute Gasteiger partial charge is 0.317 e. The summed E-state index contributed by atoms with van der Waals surface area (Å²) in [5.41, 5.74) is 0. The highest BCUT2D eigenvalue weighted by Gasteiger charge is 2.17. The summed E-state index contributed by atoms with van der Waals surface area (Å²) in [6.45, 7) is 8.50. The third-order valence-electron chi connectivity index (χ3n) is 4.58. The smallest absolute Gasteiger partial charge is 0.0207 e. The third kappa shape index (κ3) is 5.78. The molecule has 0 saturated carbocycles. The highest BCUT2D eigenvalue weighted by atomic mass is 15.2. The topological polar surface area (TPSA) is 30.5 Å². The van der Waals surface area contributed by atoms with Crippen molar-refractivity contribution in [3.05, 3.63) is 0 Å². The highest BCUT2D eigenvalue weighted by molar-refractivity contribution is 4.77. The Morgan fingerprint density at radius 2 is 1.84 bits per heavy atom. The molecule has 0 amide bonds. The lowest BCUT2D eigenvalue weighted by Crippen LogP contribution is -2.49. The maximum atomic E-state index is 3.63. The minimum Gasteiger partial charge on any atom is -0.317 e. The van der Waals surface area contributed by atoms with E-state index in [1.807, 2.05) is 0 Å². The SMILES string of the molecule is CN1CCCC(CCNCCC2CN(C)CCN2)C1. The molecule has 2 fully saturated rings. The van der Waals surface area contributed by atoms with Gasteiger partial charge in [0.1, 0.15) is 0 Å². The number of piperazine rings is 1. The summed E-state index contributed by atoms with van der Waals surface area (Å²) in [6.07, 6.45) is 5.43. The average molecular weight is 268 g/mol. The fourth-order valence-corrected chi connectivity index (χ4v) is 3.40. The monoisotopic (exact) mass is 268 g/mol. The van der Waals surface area contributed by atoms with Crippen molar-refractivity contribution < 1.29 is 0 Å². The zero-order chi connectivity index (χ0) is 13.5. The van der Waals surface area contributed by atoms with Crippen LogP contribution < -0.4 is 10.6 Å². The van der Waals surface area contributed by atoms with E-state index in [1.165, 1.54) is 58.4 Å². The van der Waals surface area contributed by atoms with Gasteiger partial charge in [0.05, 0.1) is 0 Å². The van der Waals surface area contributed by atoms with Crippen LogP contribution in [0.5, 0.6) is 0 Å². The normalized spacial score (nSPS) is 30.6. The number of piperidine rings is 1. The second-order valence-corrected chi connectivity index (χ2v) is 6.51. The average Bonchev–Trinajstić information content (AvgIpc) is 2.38. The lowest BCUT2D eigenvalue weighted by atomic mass is 9.95. The van der Waals surface area contributed by atoms with Gasteiger partial charge in [-0.15, -0.1) is 0 Å². The summed E-state index contributed by atoms with van der Waals surface area (Å²) in [5.74, 6) is 0.921. The maximum absolute atomic E-state index is 3.63. The quantitative estimate of drug-likeness (QED) is 0.691. The van der Waals surface area contributed by atoms with Gasteiger partial charge < -0.3 is 20.4 Å². The number of hydrogen-bond donors (Lipinski definition) is 2. The van der Waals surface area contributed by atoms with Gasteiger partial charge in [-0.2, -0.15) is 0 Å². The maximum Gasteiger partial charge on any atom is 0.0207 e. The zero-order valence-electron chi connectivity index (χ0n) is 12.8. The molecule has 2 aliphatic rings. The summed E-state index contributed by atoms with van der Waals surface area (Å²) in [6, 6.07) is 0.687. The number of rotatable bonds is 6. The third-order valence-corrected chi connectivity index (χ3v) is 4.58. The van der Waals surface area contributed by atoms with Gasteiger partial charge in [0, 0.05) is 32.2 Å². The summed E-state index contributed by atoms with van der Waals surface area (Å²) < 4.78 is 0. The number of likely N-dealkylation sites (N-methyl/N-ethyl adjacent to an activating group) is 1. The van der Waals surface area contributed by atoms with Crippen LogP contribution in [-0.4, -0.2) is 75.8 Å². The molecule has 4 nitrogen and oxygen atoms in total. The molecule has 0 aliphatic carbocycles. The minimum atomic E-state index is 0.687. The van der Waals surface area contributed by atoms with Crippen LogP contribution in [0.4, 0.5) is 0 Å². The molecule has 0 radical (unpaired) electrons. The van der Waals surface area contributed by atoms with Crippen molar-refractivity contribution in [1.29, 1.82) is 0 Å². The van der Waals surface area contributed by atoms with Crippen LogP contribution >= 0.6 is 0 Å². The number of nitrogens with zero attached hydrogens (tertiary/aromatic N) is 2. The van der Waals surface area contributed by atoms with Gasteiger partial charge in [-0.25, -0.2) is 0 Å². The van der Waals surface area contributed by atoms with Crippen LogP contribution in [0, 0.1) is 5.92 Å². The molecule has 4 heteroatoms. The molecule has 0 bridgehead atoms. The van der Waals surface area contributed by atoms with E-state index in [9.17, 15) is 0 Å². The first-order valence-corrected chi connectivity index (χ1v) is 8.05. The van der Waals surface area contributed by atoms with Crippen molar-refractivity contribution in [2.75, 3.05) is 59.9 Å². The van der Waals surface area contributed by atoms with Gasteiger partial charge in [-0.3, -0.25) is 0 Å². The van der Waals surface area contributed by atoms with Crippen molar-refractivity contribution in [2.24, 2.45) is 5.92 Å². The van der Waals surface area contributed by atoms with Crippen molar-refractivity contribution in [3.63, 3.8) is 0 Å². The summed E-state index contributed by atoms with van der Waals surface area (Å²) >= 11 is 0. The molecule has 0 aromatic heterocycles. The minimum absolute atomic E-state index is 0.687. The molecule has 2 N–H and O–H groups in total. The van der Waals surface area contributed by atoms with Crippen LogP contribution in [0.2, 0.25) is 0 Å². The first kappa shape index (κ1) is 15.2. The Morgan fingerprint density at radius 1 is 1.05 bits per heavy atom. The Hall–Kier alpha value is -0.160. The molecule has 0 aromatic carbocycles. The van der Waals surface area contributed by atoms with Crippen molar-refractivity contribution >= 4 is 0 Å². The molecule has 112 valence electrons. The van der Waals surface area contributed by atoms with Crippen molar-refractivity contribution in [2.45, 2.75) is 31.7 Å². The second kappa shape index (κ2) is 8.20. The van der Waals surface area contributed by atoms with E-state index in [1.54, 1.807) is 0 Å². The fourth-order valence-electron chi connectivity index (χ4n) is 3.40. The Balaban J connectivity index is 1.47. The summed E-state index contributed by atoms with van der Waals surface area (Å²) in [4.78, 5) is 4.91. The first-order valence-electron chi connectivity index (χ1n) is 8.05. The van der Waals surface area contributed by atoms with Gasteiger partial charge in [-0.1, -0.05) is 0 Å². The van der Waals surface area contributed by atoms with Crippen LogP contribution in [0.15, 0.2) is 0 Å². The molecule has 2 unspecified atom stereocenters. The number of nitrogens with one attached hydrogen (secondary N) is 2. The highest BCUT2D eigenvalue weighted by Crippen LogP contribution is 2.17. The molecule has 0 spiro atoms. The van der Waals surface area contributed by atoms with E-state index in [2.05, 4.69) is 34.5 Å². The molecule has 2 rings (SSSR count). The van der Waals surface area contributed by atoms with Gasteiger partial charge in [0.2, 0.25) is 0 Å². The van der Waals surface area contributed by atoms with Crippen LogP contribution in [-0.2, 0) is 0 Å². The summed E-state index contributed by atoms with van der Waals surface area (Å²) in [5, 5.41) is 7.24. The Kier molecular flexibility index (Phi) is 6.57. The molecular formula is C15H32N4. The summed E-state index contributed by atoms with van der Waals surface area (Å²) in [7, 11) is 4.48. The van der Waals surface area contributed by atoms with E-state index in [0.717, 1.165) is 19.0 Å². The zero-order valence-corrected chi connectivity index (χ0v) is 12.8. The number of hydrogen-bond acceptors (Lipinski definition) is 4. The number of likely N-dealkylation sites (tertiary alicyclic amines) is 1. The molecule has 2 heterocycles. The van der Waals surface area contributed by atoms with Gasteiger partial charge >= 0.3 is 0 Å². The molecule has 2 aliphatic heterocycles. The lowest BCUT2D eigenvalue weighted by molar-refractivity contribution is 0.200. The molecular weight excluding hydrogens is 236 g/mol. The van der Waals surface area contributed by atoms with E-state index in [0.29, 0.717) is 6.04 Å². The van der Waals surface area contributed by atoms with Gasteiger partial charge in [-0.05, 0) is 65.3 Å². The Morgan fingerprint density at radius 3 is 2.63 bits per heavy atom. The lowest BCUT2D eigenvalue weighted by Gasteiger charge is -2.31. The fraction of sp³-hybridized carbons (Fsp3) is 1.00. The molecule has 2 saturated heterocycles. The van der Waals surface area contributed by atoms with Gasteiger partial charge in [0.25, 0.3) is 0 Å². The van der Waals surface area contributed by atoms with Crippen LogP contribution in [0.25, 0.3) is 0 Å². The van der Waals surface area contributed by atoms with E-state index >= 15 is 0 Å². The van der Waals surface area contributed by atoms with E-state index in [-0.39, 0.29) is 0 Å². The molecule has 0 aromatic rings. The standard InChI is InChI=1S/C15H32N4/c1-18-10-3-4-14(12-18)5-7-16-8-6-15-13-19(2)11-9-17-15/h14-17H,3-13H2,1-2H3. The van der Waals surface area contributed by atoms with E-state index in [4.69, 9.17) is 0 Å². The Labute approximate surface area is 118 Å². The van der Waals surface area contributed by atoms with Crippen LogP contribution in [0.1, 0.15) is 25.7 Å². The predicted octanol–water partition coefficient (Wildman–Crippen LogP) is 0.602. The molecule has 19 heavy (non-hydrogen) atoms. The van der Waals surface area contributed by atoms with E-state index < -0.39 is 0 Å². The van der Waals surface area contributed by atoms with Crippen LogP contribution in [0.3, 0.4) is 0 Å². The second-order valence-electron chi connectivity index (χ2n) is 6.51. The molecule has 2 atom stereocenters. The van der Waals surface area contributed by atoms with Gasteiger partial charge in [0.15, 0.2) is 0 Å². The predicted molar refractivity (Wildman–Crippen MR) is 81.6 cm³/mol. The van der Waals surface area contributed by atoms with Crippen molar-refractivity contribution in [1.82, 2.24) is 20.4 Å². The first-order chi connectivity index (χ1) is 9.24.